The van der Waals surface area contributed by atoms with E-state index in [-0.39, 0.29) is 18.3 Å². The van der Waals surface area contributed by atoms with Crippen LogP contribution in [0.4, 0.5) is 11.4 Å². The maximum Gasteiger partial charge on any atom is 0.277 e. The van der Waals surface area contributed by atoms with E-state index in [4.69, 9.17) is 20.8 Å². The predicted octanol–water partition coefficient (Wildman–Crippen LogP) is 5.02. The van der Waals surface area contributed by atoms with E-state index in [2.05, 4.69) is 20.4 Å². The van der Waals surface area contributed by atoms with Crippen LogP contribution in [-0.4, -0.2) is 34.9 Å². The summed E-state index contributed by atoms with van der Waals surface area (Å²) in [5.74, 6) is 1.06. The third-order valence-electron chi connectivity index (χ3n) is 4.81. The number of anilines is 2. The van der Waals surface area contributed by atoms with Crippen LogP contribution in [0.15, 0.2) is 58.2 Å². The van der Waals surface area contributed by atoms with Crippen molar-refractivity contribution in [3.63, 3.8) is 0 Å². The Balaban J connectivity index is 1.31. The Morgan fingerprint density at radius 3 is 2.71 bits per heavy atom. The molecule has 1 aliphatic rings. The second kappa shape index (κ2) is 10.5. The van der Waals surface area contributed by atoms with E-state index in [1.807, 2.05) is 48.5 Å². The second-order valence-electron chi connectivity index (χ2n) is 7.08. The largest absolute Gasteiger partial charge is 0.484 e. The van der Waals surface area contributed by atoms with Gasteiger partial charge in [0.05, 0.1) is 22.2 Å². The first-order valence-corrected chi connectivity index (χ1v) is 11.5. The molecule has 0 unspecified atom stereocenters. The minimum Gasteiger partial charge on any atom is -0.484 e. The highest BCUT2D eigenvalue weighted by Crippen LogP contribution is 2.35. The van der Waals surface area contributed by atoms with E-state index in [0.717, 1.165) is 43.1 Å². The van der Waals surface area contributed by atoms with Crippen LogP contribution < -0.4 is 15.0 Å². The molecule has 0 aliphatic carbocycles. The average Bonchev–Trinajstić information content (AvgIpc) is 3.26. The number of hydrogen-bond acceptors (Lipinski definition) is 7. The van der Waals surface area contributed by atoms with Crippen molar-refractivity contribution >= 4 is 40.6 Å². The molecule has 1 aliphatic heterocycles. The Bertz CT molecular complexity index is 1010. The lowest BCUT2D eigenvalue weighted by atomic mass is 10.1. The first-order chi connectivity index (χ1) is 15.2. The van der Waals surface area contributed by atoms with Crippen molar-refractivity contribution in [1.29, 1.82) is 0 Å². The molecule has 9 heteroatoms. The van der Waals surface area contributed by atoms with Crippen LogP contribution in [0.25, 0.3) is 0 Å². The number of carbonyl (C=O) groups is 1. The van der Waals surface area contributed by atoms with Gasteiger partial charge in [-0.05, 0) is 43.5 Å². The molecule has 31 heavy (non-hydrogen) atoms. The number of benzene rings is 2. The van der Waals surface area contributed by atoms with Gasteiger partial charge in [-0.15, -0.1) is 10.2 Å². The Kier molecular flexibility index (Phi) is 7.32. The number of nitrogens with zero attached hydrogens (tertiary/aromatic N) is 3. The van der Waals surface area contributed by atoms with E-state index in [9.17, 15) is 4.79 Å². The molecule has 4 rings (SSSR count). The van der Waals surface area contributed by atoms with E-state index >= 15 is 0 Å². The second-order valence-corrected chi connectivity index (χ2v) is 8.42. The van der Waals surface area contributed by atoms with Crippen molar-refractivity contribution in [2.24, 2.45) is 0 Å². The molecular weight excluding hydrogens is 436 g/mol. The zero-order valence-electron chi connectivity index (χ0n) is 16.9. The normalized spacial score (nSPS) is 13.8. The van der Waals surface area contributed by atoms with Gasteiger partial charge in [-0.3, -0.25) is 4.79 Å². The van der Waals surface area contributed by atoms with Crippen LogP contribution in [-0.2, 0) is 11.4 Å². The van der Waals surface area contributed by atoms with Crippen LogP contribution in [0.5, 0.6) is 5.75 Å². The molecule has 0 saturated carbocycles. The summed E-state index contributed by atoms with van der Waals surface area (Å²) in [4.78, 5) is 14.8. The Morgan fingerprint density at radius 1 is 1.10 bits per heavy atom. The van der Waals surface area contributed by atoms with Gasteiger partial charge in [0.15, 0.2) is 6.61 Å². The maximum absolute atomic E-state index is 12.5. The minimum absolute atomic E-state index is 0.146. The van der Waals surface area contributed by atoms with Crippen molar-refractivity contribution in [1.82, 2.24) is 10.2 Å². The lowest BCUT2D eigenvalue weighted by molar-refractivity contribution is -0.113. The molecule has 2 aromatic carbocycles. The summed E-state index contributed by atoms with van der Waals surface area (Å²) < 4.78 is 11.1. The summed E-state index contributed by atoms with van der Waals surface area (Å²) in [6.07, 6.45) is 3.48. The van der Waals surface area contributed by atoms with Crippen molar-refractivity contribution in [2.45, 2.75) is 31.1 Å². The number of thioether (sulfide) groups is 1. The zero-order chi connectivity index (χ0) is 21.5. The summed E-state index contributed by atoms with van der Waals surface area (Å²) in [5.41, 5.74) is 1.61. The highest BCUT2D eigenvalue weighted by atomic mass is 35.5. The smallest absolute Gasteiger partial charge is 0.277 e. The fourth-order valence-electron chi connectivity index (χ4n) is 3.39. The molecule has 1 amide bonds. The number of amides is 1. The van der Waals surface area contributed by atoms with Gasteiger partial charge in [0.1, 0.15) is 5.75 Å². The number of piperidine rings is 1. The van der Waals surface area contributed by atoms with E-state index in [1.165, 1.54) is 18.2 Å². The molecule has 162 valence electrons. The number of rotatable bonds is 8. The SMILES string of the molecule is O=C(CSc1nnc(COc2ccccc2)o1)Nc1cccc(Cl)c1N1CCCCC1. The topological polar surface area (TPSA) is 80.5 Å². The van der Waals surface area contributed by atoms with Crippen molar-refractivity contribution in [3.05, 3.63) is 59.4 Å². The fraction of sp³-hybridized carbons (Fsp3) is 0.318. The third-order valence-corrected chi connectivity index (χ3v) is 5.94. The van der Waals surface area contributed by atoms with Gasteiger partial charge >= 0.3 is 0 Å². The van der Waals surface area contributed by atoms with Gasteiger partial charge < -0.3 is 19.4 Å². The summed E-state index contributed by atoms with van der Waals surface area (Å²) in [6, 6.07) is 15.0. The lowest BCUT2D eigenvalue weighted by Gasteiger charge is -2.31. The van der Waals surface area contributed by atoms with E-state index in [1.54, 1.807) is 0 Å². The Morgan fingerprint density at radius 2 is 1.90 bits per heavy atom. The number of para-hydroxylation sites is 2. The maximum atomic E-state index is 12.5. The molecule has 0 atom stereocenters. The highest BCUT2D eigenvalue weighted by Gasteiger charge is 2.19. The monoisotopic (exact) mass is 458 g/mol. The number of ether oxygens (including phenoxy) is 1. The van der Waals surface area contributed by atoms with E-state index in [0.29, 0.717) is 16.1 Å². The fourth-order valence-corrected chi connectivity index (χ4v) is 4.26. The molecular formula is C22H23ClN4O3S. The first kappa shape index (κ1) is 21.5. The van der Waals surface area contributed by atoms with Gasteiger partial charge in [-0.25, -0.2) is 0 Å². The molecule has 7 nitrogen and oxygen atoms in total. The summed E-state index contributed by atoms with van der Waals surface area (Å²) in [6.45, 7) is 2.06. The number of nitrogens with one attached hydrogen (secondary N) is 1. The van der Waals surface area contributed by atoms with Gasteiger partial charge in [-0.1, -0.05) is 47.6 Å². The molecule has 2 heterocycles. The van der Waals surface area contributed by atoms with Crippen molar-refractivity contribution in [2.75, 3.05) is 29.1 Å². The molecule has 3 aromatic rings. The Labute approximate surface area is 190 Å². The summed E-state index contributed by atoms with van der Waals surface area (Å²) in [7, 11) is 0. The average molecular weight is 459 g/mol. The van der Waals surface area contributed by atoms with Crippen LogP contribution in [0.3, 0.4) is 0 Å². The molecule has 1 aromatic heterocycles. The lowest BCUT2D eigenvalue weighted by Crippen LogP contribution is -2.30. The molecule has 0 radical (unpaired) electrons. The molecule has 1 saturated heterocycles. The van der Waals surface area contributed by atoms with E-state index < -0.39 is 0 Å². The zero-order valence-corrected chi connectivity index (χ0v) is 18.5. The predicted molar refractivity (Wildman–Crippen MR) is 122 cm³/mol. The quantitative estimate of drug-likeness (QED) is 0.474. The molecule has 0 spiro atoms. The highest BCUT2D eigenvalue weighted by molar-refractivity contribution is 7.99. The summed E-state index contributed by atoms with van der Waals surface area (Å²) in [5, 5.41) is 11.9. The first-order valence-electron chi connectivity index (χ1n) is 10.2. The molecule has 1 N–H and O–H groups in total. The van der Waals surface area contributed by atoms with Gasteiger partial charge in [0, 0.05) is 13.1 Å². The minimum atomic E-state index is -0.161. The number of aromatic nitrogens is 2. The van der Waals surface area contributed by atoms with Gasteiger partial charge in [0.2, 0.25) is 5.91 Å². The summed E-state index contributed by atoms with van der Waals surface area (Å²) >= 11 is 7.63. The van der Waals surface area contributed by atoms with Crippen molar-refractivity contribution < 1.29 is 13.9 Å². The van der Waals surface area contributed by atoms with Crippen LogP contribution in [0.2, 0.25) is 5.02 Å². The molecule has 1 fully saturated rings. The van der Waals surface area contributed by atoms with Crippen LogP contribution in [0, 0.1) is 0 Å². The van der Waals surface area contributed by atoms with Crippen molar-refractivity contribution in [3.8, 4) is 5.75 Å². The number of carbonyl (C=O) groups excluding carboxylic acids is 1. The van der Waals surface area contributed by atoms with Gasteiger partial charge in [-0.2, -0.15) is 0 Å². The van der Waals surface area contributed by atoms with Crippen LogP contribution >= 0.6 is 23.4 Å². The van der Waals surface area contributed by atoms with Crippen LogP contribution in [0.1, 0.15) is 25.2 Å². The number of hydrogen-bond donors (Lipinski definition) is 1. The molecule has 0 bridgehead atoms. The number of halogens is 1. The third kappa shape index (κ3) is 5.92. The Hall–Kier alpha value is -2.71. The van der Waals surface area contributed by atoms with Gasteiger partial charge in [0.25, 0.3) is 11.1 Å². The standard InChI is InChI=1S/C22H23ClN4O3S/c23-17-10-7-11-18(21(17)27-12-5-2-6-13-27)24-19(28)15-31-22-26-25-20(30-22)14-29-16-8-3-1-4-9-16/h1,3-4,7-11H,2,5-6,12-15H2,(H,24,28).